The number of piperidine rings is 1. The molecule has 1 aliphatic heterocycles. The van der Waals surface area contributed by atoms with E-state index in [-0.39, 0.29) is 11.8 Å². The molecule has 0 N–H and O–H groups in total. The highest BCUT2D eigenvalue weighted by Crippen LogP contribution is 2.28. The predicted octanol–water partition coefficient (Wildman–Crippen LogP) is 2.24. The maximum atomic E-state index is 12.1. The van der Waals surface area contributed by atoms with E-state index in [0.29, 0.717) is 18.4 Å². The lowest BCUT2D eigenvalue weighted by atomic mass is 9.97. The van der Waals surface area contributed by atoms with Crippen molar-refractivity contribution in [1.29, 1.82) is 0 Å². The van der Waals surface area contributed by atoms with E-state index in [4.69, 9.17) is 4.42 Å². The van der Waals surface area contributed by atoms with Crippen LogP contribution in [0.5, 0.6) is 0 Å². The first-order chi connectivity index (χ1) is 10.5. The molecule has 0 saturated carbocycles. The van der Waals surface area contributed by atoms with Crippen molar-refractivity contribution < 1.29 is 9.21 Å². The van der Waals surface area contributed by atoms with E-state index < -0.39 is 0 Å². The smallest absolute Gasteiger partial charge is 0.236 e. The molecule has 6 heteroatoms. The summed E-state index contributed by atoms with van der Waals surface area (Å²) in [6.07, 6.45) is 1.95. The molecule has 22 heavy (non-hydrogen) atoms. The summed E-state index contributed by atoms with van der Waals surface area (Å²) in [7, 11) is 0. The van der Waals surface area contributed by atoms with Crippen LogP contribution in [0.4, 0.5) is 0 Å². The number of amides is 1. The van der Waals surface area contributed by atoms with Gasteiger partial charge in [0.05, 0.1) is 6.54 Å². The minimum Gasteiger partial charge on any atom is -0.425 e. The van der Waals surface area contributed by atoms with Crippen molar-refractivity contribution in [1.82, 2.24) is 20.0 Å². The topological polar surface area (TPSA) is 62.5 Å². The number of carbonyl (C=O) groups excluding carboxylic acids is 1. The first kappa shape index (κ1) is 16.9. The predicted molar refractivity (Wildman–Crippen MR) is 84.7 cm³/mol. The lowest BCUT2D eigenvalue weighted by Gasteiger charge is -2.31. The number of likely N-dealkylation sites (tertiary alicyclic amines) is 1. The number of hydrogen-bond acceptors (Lipinski definition) is 5. The van der Waals surface area contributed by atoms with Gasteiger partial charge in [-0.25, -0.2) is 0 Å². The molecular weight excluding hydrogens is 280 g/mol. The van der Waals surface area contributed by atoms with Crippen molar-refractivity contribution in [3.05, 3.63) is 11.8 Å². The van der Waals surface area contributed by atoms with E-state index in [2.05, 4.69) is 28.9 Å². The van der Waals surface area contributed by atoms with Crippen LogP contribution in [0.3, 0.4) is 0 Å². The molecule has 1 aromatic rings. The van der Waals surface area contributed by atoms with E-state index in [9.17, 15) is 4.79 Å². The van der Waals surface area contributed by atoms with Gasteiger partial charge in [-0.3, -0.25) is 9.69 Å². The van der Waals surface area contributed by atoms with E-state index in [1.165, 1.54) is 0 Å². The van der Waals surface area contributed by atoms with Gasteiger partial charge < -0.3 is 9.32 Å². The molecule has 0 bridgehead atoms. The van der Waals surface area contributed by atoms with Gasteiger partial charge in [0.2, 0.25) is 17.7 Å². The number of rotatable bonds is 6. The molecule has 124 valence electrons. The van der Waals surface area contributed by atoms with Crippen LogP contribution >= 0.6 is 0 Å². The van der Waals surface area contributed by atoms with Gasteiger partial charge in [0.25, 0.3) is 0 Å². The van der Waals surface area contributed by atoms with E-state index >= 15 is 0 Å². The Labute approximate surface area is 132 Å². The highest BCUT2D eigenvalue weighted by molar-refractivity contribution is 5.78. The highest BCUT2D eigenvalue weighted by Gasteiger charge is 2.26. The molecule has 0 atom stereocenters. The average Bonchev–Trinajstić information content (AvgIpc) is 2.99. The van der Waals surface area contributed by atoms with Crippen molar-refractivity contribution in [3.63, 3.8) is 0 Å². The maximum absolute atomic E-state index is 12.1. The van der Waals surface area contributed by atoms with Crippen LogP contribution in [-0.2, 0) is 4.79 Å². The third-order valence-corrected chi connectivity index (χ3v) is 4.36. The average molecular weight is 308 g/mol. The molecule has 0 unspecified atom stereocenters. The minimum absolute atomic E-state index is 0.225. The highest BCUT2D eigenvalue weighted by atomic mass is 16.4. The molecule has 0 radical (unpaired) electrons. The SMILES string of the molecule is CCN(CC)C(=O)CN1CCC(c2nnc(C(C)C)o2)CC1. The van der Waals surface area contributed by atoms with Crippen molar-refractivity contribution in [2.45, 2.75) is 52.4 Å². The first-order valence-corrected chi connectivity index (χ1v) is 8.38. The number of likely N-dealkylation sites (N-methyl/N-ethyl adjacent to an activating group) is 1. The standard InChI is InChI=1S/C16H28N4O2/c1-5-20(6-2)14(21)11-19-9-7-13(8-10-19)16-18-17-15(22-16)12(3)4/h12-13H,5-11H2,1-4H3. The van der Waals surface area contributed by atoms with Gasteiger partial charge >= 0.3 is 0 Å². The largest absolute Gasteiger partial charge is 0.425 e. The quantitative estimate of drug-likeness (QED) is 0.806. The Hall–Kier alpha value is -1.43. The molecular formula is C16H28N4O2. The Balaban J connectivity index is 1.83. The second kappa shape index (κ2) is 7.72. The Kier molecular flexibility index (Phi) is 5.94. The Morgan fingerprint density at radius 3 is 2.41 bits per heavy atom. The molecule has 1 amide bonds. The molecule has 2 rings (SSSR count). The number of carbonyl (C=O) groups is 1. The maximum Gasteiger partial charge on any atom is 0.236 e. The molecule has 2 heterocycles. The first-order valence-electron chi connectivity index (χ1n) is 8.38. The second-order valence-corrected chi connectivity index (χ2v) is 6.25. The Morgan fingerprint density at radius 1 is 1.27 bits per heavy atom. The monoisotopic (exact) mass is 308 g/mol. The van der Waals surface area contributed by atoms with Gasteiger partial charge in [0.15, 0.2) is 0 Å². The van der Waals surface area contributed by atoms with Crippen LogP contribution in [0.2, 0.25) is 0 Å². The molecule has 0 aromatic carbocycles. The van der Waals surface area contributed by atoms with Gasteiger partial charge in [0, 0.05) is 24.9 Å². The van der Waals surface area contributed by atoms with Gasteiger partial charge in [-0.2, -0.15) is 0 Å². The third kappa shape index (κ3) is 4.06. The van der Waals surface area contributed by atoms with Crippen LogP contribution in [-0.4, -0.2) is 58.6 Å². The summed E-state index contributed by atoms with van der Waals surface area (Å²) in [4.78, 5) is 16.3. The fraction of sp³-hybridized carbons (Fsp3) is 0.812. The van der Waals surface area contributed by atoms with Crippen molar-refractivity contribution in [2.24, 2.45) is 0 Å². The summed E-state index contributed by atoms with van der Waals surface area (Å²) in [6.45, 7) is 12.1. The van der Waals surface area contributed by atoms with Gasteiger partial charge in [-0.05, 0) is 39.8 Å². The summed E-state index contributed by atoms with van der Waals surface area (Å²) in [6, 6.07) is 0. The number of nitrogens with zero attached hydrogens (tertiary/aromatic N) is 4. The molecule has 1 aromatic heterocycles. The molecule has 0 spiro atoms. The Morgan fingerprint density at radius 2 is 1.91 bits per heavy atom. The second-order valence-electron chi connectivity index (χ2n) is 6.25. The fourth-order valence-electron chi connectivity index (χ4n) is 2.85. The summed E-state index contributed by atoms with van der Waals surface area (Å²) in [5.41, 5.74) is 0. The van der Waals surface area contributed by atoms with Crippen LogP contribution in [0.25, 0.3) is 0 Å². The van der Waals surface area contributed by atoms with Gasteiger partial charge in [-0.1, -0.05) is 13.8 Å². The molecule has 0 aliphatic carbocycles. The van der Waals surface area contributed by atoms with Crippen molar-refractivity contribution >= 4 is 5.91 Å². The zero-order chi connectivity index (χ0) is 16.1. The number of aromatic nitrogens is 2. The zero-order valence-electron chi connectivity index (χ0n) is 14.2. The summed E-state index contributed by atoms with van der Waals surface area (Å²) >= 11 is 0. The van der Waals surface area contributed by atoms with Gasteiger partial charge in [-0.15, -0.1) is 10.2 Å². The van der Waals surface area contributed by atoms with E-state index in [1.807, 2.05) is 18.7 Å². The zero-order valence-corrected chi connectivity index (χ0v) is 14.2. The number of hydrogen-bond donors (Lipinski definition) is 0. The third-order valence-electron chi connectivity index (χ3n) is 4.36. The Bertz CT molecular complexity index is 474. The summed E-state index contributed by atoms with van der Waals surface area (Å²) in [5, 5.41) is 8.30. The van der Waals surface area contributed by atoms with Crippen molar-refractivity contribution in [2.75, 3.05) is 32.7 Å². The summed E-state index contributed by atoms with van der Waals surface area (Å²) in [5.74, 6) is 2.31. The van der Waals surface area contributed by atoms with E-state index in [0.717, 1.165) is 44.9 Å². The molecule has 1 aliphatic rings. The molecule has 6 nitrogen and oxygen atoms in total. The van der Waals surface area contributed by atoms with Gasteiger partial charge in [0.1, 0.15) is 0 Å². The molecule has 1 fully saturated rings. The van der Waals surface area contributed by atoms with Crippen LogP contribution in [0.15, 0.2) is 4.42 Å². The normalized spacial score (nSPS) is 17.1. The van der Waals surface area contributed by atoms with Crippen LogP contribution in [0, 0.1) is 0 Å². The van der Waals surface area contributed by atoms with Crippen molar-refractivity contribution in [3.8, 4) is 0 Å². The summed E-state index contributed by atoms with van der Waals surface area (Å²) < 4.78 is 5.76. The van der Waals surface area contributed by atoms with Crippen LogP contribution < -0.4 is 0 Å². The van der Waals surface area contributed by atoms with E-state index in [1.54, 1.807) is 0 Å². The van der Waals surface area contributed by atoms with Crippen LogP contribution in [0.1, 0.15) is 64.2 Å². The lowest BCUT2D eigenvalue weighted by Crippen LogP contribution is -2.43. The molecule has 1 saturated heterocycles. The lowest BCUT2D eigenvalue weighted by molar-refractivity contribution is -0.132. The fourth-order valence-corrected chi connectivity index (χ4v) is 2.85. The minimum atomic E-state index is 0.225.